The first-order chi connectivity index (χ1) is 8.13. The molecule has 0 spiro atoms. The molecular weight excluding hydrogens is 240 g/mol. The largest absolute Gasteiger partial charge is 0.504 e. The molecule has 17 heavy (non-hydrogen) atoms. The van der Waals surface area contributed by atoms with Crippen molar-refractivity contribution in [3.8, 4) is 11.5 Å². The number of aromatic hydroxyl groups is 2. The van der Waals surface area contributed by atoms with Gasteiger partial charge in [0.2, 0.25) is 5.43 Å². The lowest BCUT2D eigenvalue weighted by molar-refractivity contribution is 0.404. The van der Waals surface area contributed by atoms with Gasteiger partial charge in [0.05, 0.1) is 10.9 Å². The van der Waals surface area contributed by atoms with Crippen LogP contribution in [-0.2, 0) is 0 Å². The number of aromatic amines is 1. The van der Waals surface area contributed by atoms with Crippen molar-refractivity contribution in [1.29, 1.82) is 0 Å². The Balaban J connectivity index is 2.59. The lowest BCUT2D eigenvalue weighted by Gasteiger charge is -2.03. The summed E-state index contributed by atoms with van der Waals surface area (Å²) in [5, 5.41) is 26.0. The highest BCUT2D eigenvalue weighted by Gasteiger charge is 2.10. The van der Waals surface area contributed by atoms with Crippen LogP contribution in [0.3, 0.4) is 0 Å². The predicted molar refractivity (Wildman–Crippen MR) is 66.7 cm³/mol. The third kappa shape index (κ3) is 2.21. The number of thioether (sulfide) groups is 1. The Labute approximate surface area is 101 Å². The van der Waals surface area contributed by atoms with Crippen molar-refractivity contribution in [2.45, 2.75) is 18.4 Å². The number of benzene rings is 1. The Morgan fingerprint density at radius 1 is 1.35 bits per heavy atom. The lowest BCUT2D eigenvalue weighted by atomic mass is 10.2. The predicted octanol–water partition coefficient (Wildman–Crippen LogP) is 1.84. The summed E-state index contributed by atoms with van der Waals surface area (Å²) in [6, 6.07) is 2.54. The van der Waals surface area contributed by atoms with Crippen LogP contribution in [-0.4, -0.2) is 26.2 Å². The standard InChI is InChI=1S/C11H12N2O3S/c1-2-3-17-11-10(16)6-4-8(14)9(15)5-7(6)12-13-11/h4-5,14-15H,2-3H2,1H3,(H,12,16). The van der Waals surface area contributed by atoms with E-state index in [-0.39, 0.29) is 16.9 Å². The van der Waals surface area contributed by atoms with Crippen LogP contribution in [0.2, 0.25) is 0 Å². The van der Waals surface area contributed by atoms with E-state index in [0.717, 1.165) is 12.2 Å². The third-order valence-corrected chi connectivity index (χ3v) is 3.44. The average Bonchev–Trinajstić information content (AvgIpc) is 2.31. The van der Waals surface area contributed by atoms with E-state index >= 15 is 0 Å². The number of nitrogens with one attached hydrogen (secondary N) is 1. The summed E-state index contributed by atoms with van der Waals surface area (Å²) < 4.78 is 0. The van der Waals surface area contributed by atoms with E-state index in [1.54, 1.807) is 0 Å². The molecule has 2 rings (SSSR count). The Kier molecular flexibility index (Phi) is 3.23. The number of aromatic nitrogens is 2. The summed E-state index contributed by atoms with van der Waals surface area (Å²) in [6.45, 7) is 2.02. The second-order valence-electron chi connectivity index (χ2n) is 3.59. The van der Waals surface area contributed by atoms with Gasteiger partial charge < -0.3 is 10.2 Å². The van der Waals surface area contributed by atoms with Crippen LogP contribution < -0.4 is 5.43 Å². The monoisotopic (exact) mass is 252 g/mol. The van der Waals surface area contributed by atoms with Crippen LogP contribution in [0.1, 0.15) is 13.3 Å². The van der Waals surface area contributed by atoms with Gasteiger partial charge >= 0.3 is 0 Å². The molecule has 0 atom stereocenters. The molecule has 0 aliphatic carbocycles. The molecule has 0 radical (unpaired) electrons. The molecule has 0 unspecified atom stereocenters. The number of H-pyrrole nitrogens is 1. The van der Waals surface area contributed by atoms with Crippen LogP contribution >= 0.6 is 11.8 Å². The lowest BCUT2D eigenvalue weighted by Crippen LogP contribution is -2.09. The quantitative estimate of drug-likeness (QED) is 0.573. The van der Waals surface area contributed by atoms with Gasteiger partial charge in [0.15, 0.2) is 16.5 Å². The van der Waals surface area contributed by atoms with Gasteiger partial charge in [-0.15, -0.1) is 11.8 Å². The second-order valence-corrected chi connectivity index (χ2v) is 4.68. The Bertz CT molecular complexity index is 609. The van der Waals surface area contributed by atoms with Crippen molar-refractivity contribution in [1.82, 2.24) is 10.2 Å². The molecule has 0 fully saturated rings. The number of nitrogens with zero attached hydrogens (tertiary/aromatic N) is 1. The van der Waals surface area contributed by atoms with Gasteiger partial charge in [0.1, 0.15) is 0 Å². The molecule has 1 aromatic carbocycles. The number of rotatable bonds is 3. The van der Waals surface area contributed by atoms with Gasteiger partial charge in [-0.2, -0.15) is 5.10 Å². The highest BCUT2D eigenvalue weighted by Crippen LogP contribution is 2.28. The topological polar surface area (TPSA) is 86.2 Å². The van der Waals surface area contributed by atoms with E-state index < -0.39 is 0 Å². The summed E-state index contributed by atoms with van der Waals surface area (Å²) in [5.74, 6) is 0.232. The van der Waals surface area contributed by atoms with Gasteiger partial charge in [-0.1, -0.05) is 6.92 Å². The molecule has 3 N–H and O–H groups in total. The molecule has 0 amide bonds. The summed E-state index contributed by atoms with van der Waals surface area (Å²) >= 11 is 1.37. The van der Waals surface area contributed by atoms with Crippen molar-refractivity contribution in [2.75, 3.05) is 5.75 Å². The normalized spacial score (nSPS) is 10.9. The summed E-state index contributed by atoms with van der Waals surface area (Å²) in [4.78, 5) is 12.0. The fraction of sp³-hybridized carbons (Fsp3) is 0.273. The number of phenols is 2. The number of hydrogen-bond acceptors (Lipinski definition) is 5. The van der Waals surface area contributed by atoms with Crippen molar-refractivity contribution in [3.05, 3.63) is 22.4 Å². The minimum Gasteiger partial charge on any atom is -0.504 e. The average molecular weight is 252 g/mol. The first-order valence-electron chi connectivity index (χ1n) is 5.20. The number of hydrogen-bond donors (Lipinski definition) is 3. The van der Waals surface area contributed by atoms with Crippen molar-refractivity contribution >= 4 is 22.7 Å². The molecule has 0 saturated heterocycles. The summed E-state index contributed by atoms with van der Waals surface area (Å²) in [6.07, 6.45) is 0.949. The maximum absolute atomic E-state index is 12.0. The van der Waals surface area contributed by atoms with Crippen molar-refractivity contribution < 1.29 is 10.2 Å². The molecule has 5 nitrogen and oxygen atoms in total. The van der Waals surface area contributed by atoms with Crippen LogP contribution in [0.4, 0.5) is 0 Å². The smallest absolute Gasteiger partial charge is 0.221 e. The molecule has 0 aliphatic heterocycles. The highest BCUT2D eigenvalue weighted by atomic mass is 32.2. The van der Waals surface area contributed by atoms with E-state index in [2.05, 4.69) is 10.2 Å². The van der Waals surface area contributed by atoms with E-state index in [1.807, 2.05) is 6.92 Å². The van der Waals surface area contributed by atoms with E-state index in [9.17, 15) is 15.0 Å². The molecule has 6 heteroatoms. The molecule has 0 bridgehead atoms. The van der Waals surface area contributed by atoms with Crippen molar-refractivity contribution in [2.24, 2.45) is 0 Å². The van der Waals surface area contributed by atoms with E-state index in [0.29, 0.717) is 15.9 Å². The summed E-state index contributed by atoms with van der Waals surface area (Å²) in [5.41, 5.74) is 0.179. The van der Waals surface area contributed by atoms with Gasteiger partial charge in [-0.25, -0.2) is 0 Å². The third-order valence-electron chi connectivity index (χ3n) is 2.27. The minimum absolute atomic E-state index is 0.229. The molecule has 90 valence electrons. The van der Waals surface area contributed by atoms with Crippen LogP contribution in [0.15, 0.2) is 22.0 Å². The fourth-order valence-electron chi connectivity index (χ4n) is 1.43. The minimum atomic E-state index is -0.305. The van der Waals surface area contributed by atoms with E-state index in [4.69, 9.17) is 0 Å². The van der Waals surface area contributed by atoms with Crippen LogP contribution in [0, 0.1) is 0 Å². The molecule has 2 aromatic rings. The van der Waals surface area contributed by atoms with Crippen LogP contribution in [0.25, 0.3) is 10.9 Å². The SMILES string of the molecule is CCCSc1n[nH]c2cc(O)c(O)cc2c1=O. The van der Waals surface area contributed by atoms with Gasteiger partial charge in [0, 0.05) is 6.07 Å². The summed E-state index contributed by atoms with van der Waals surface area (Å²) in [7, 11) is 0. The first-order valence-corrected chi connectivity index (χ1v) is 6.19. The highest BCUT2D eigenvalue weighted by molar-refractivity contribution is 7.99. The Morgan fingerprint density at radius 3 is 2.76 bits per heavy atom. The van der Waals surface area contributed by atoms with Gasteiger partial charge in [-0.05, 0) is 18.2 Å². The number of fused-ring (bicyclic) bond motifs is 1. The second kappa shape index (κ2) is 4.67. The van der Waals surface area contributed by atoms with Crippen molar-refractivity contribution in [3.63, 3.8) is 0 Å². The molecule has 1 aromatic heterocycles. The maximum Gasteiger partial charge on any atom is 0.221 e. The van der Waals surface area contributed by atoms with Gasteiger partial charge in [0.25, 0.3) is 0 Å². The molecule has 0 aliphatic rings. The Hall–Kier alpha value is -1.69. The number of phenolic OH excluding ortho intramolecular Hbond substituents is 2. The zero-order chi connectivity index (χ0) is 12.4. The first kappa shape index (κ1) is 11.8. The fourth-order valence-corrected chi connectivity index (χ4v) is 2.18. The maximum atomic E-state index is 12.0. The van der Waals surface area contributed by atoms with E-state index in [1.165, 1.54) is 23.9 Å². The molecule has 1 heterocycles. The van der Waals surface area contributed by atoms with Gasteiger partial charge in [-0.3, -0.25) is 9.89 Å². The zero-order valence-corrected chi connectivity index (χ0v) is 10.0. The van der Waals surface area contributed by atoms with Crippen LogP contribution in [0.5, 0.6) is 11.5 Å². The Morgan fingerprint density at radius 2 is 2.06 bits per heavy atom. The zero-order valence-electron chi connectivity index (χ0n) is 9.23. The molecular formula is C11H12N2O3S. The molecule has 0 saturated carbocycles.